The predicted molar refractivity (Wildman–Crippen MR) is 91.4 cm³/mol. The number of hydrogen-bond donors (Lipinski definition) is 1. The molecular formula is C17H26N2O3S. The number of thiophene rings is 1. The number of rotatable bonds is 7. The van der Waals surface area contributed by atoms with Crippen molar-refractivity contribution in [2.24, 2.45) is 0 Å². The molecule has 0 aliphatic heterocycles. The fourth-order valence-corrected chi connectivity index (χ4v) is 2.93. The van der Waals surface area contributed by atoms with Crippen LogP contribution in [0.3, 0.4) is 0 Å². The third-order valence-corrected chi connectivity index (χ3v) is 4.21. The summed E-state index contributed by atoms with van der Waals surface area (Å²) in [7, 11) is 0. The molecule has 1 aromatic rings. The maximum Gasteiger partial charge on any atom is 0.407 e. The van der Waals surface area contributed by atoms with E-state index in [2.05, 4.69) is 16.8 Å². The van der Waals surface area contributed by atoms with E-state index in [1.54, 1.807) is 11.3 Å². The highest BCUT2D eigenvalue weighted by molar-refractivity contribution is 7.07. The van der Waals surface area contributed by atoms with E-state index < -0.39 is 11.7 Å². The molecule has 23 heavy (non-hydrogen) atoms. The van der Waals surface area contributed by atoms with Crippen molar-refractivity contribution in [2.45, 2.75) is 64.6 Å². The van der Waals surface area contributed by atoms with Crippen LogP contribution in [0.1, 0.15) is 52.0 Å². The van der Waals surface area contributed by atoms with Gasteiger partial charge in [0.05, 0.1) is 0 Å². The molecule has 1 fully saturated rings. The average molecular weight is 338 g/mol. The number of carbonyl (C=O) groups excluding carboxylic acids is 2. The second kappa shape index (κ2) is 7.81. The second-order valence-electron chi connectivity index (χ2n) is 6.92. The van der Waals surface area contributed by atoms with Gasteiger partial charge in [0.15, 0.2) is 0 Å². The van der Waals surface area contributed by atoms with E-state index >= 15 is 0 Å². The topological polar surface area (TPSA) is 58.6 Å². The zero-order chi connectivity index (χ0) is 16.9. The van der Waals surface area contributed by atoms with Gasteiger partial charge in [0.25, 0.3) is 0 Å². The van der Waals surface area contributed by atoms with E-state index in [1.807, 2.05) is 31.1 Å². The number of hydrogen-bond acceptors (Lipinski definition) is 4. The van der Waals surface area contributed by atoms with Crippen LogP contribution >= 0.6 is 11.3 Å². The summed E-state index contributed by atoms with van der Waals surface area (Å²) in [6.07, 6.45) is 2.86. The van der Waals surface area contributed by atoms with Gasteiger partial charge in [0.1, 0.15) is 5.60 Å². The van der Waals surface area contributed by atoms with Gasteiger partial charge in [-0.1, -0.05) is 0 Å². The summed E-state index contributed by atoms with van der Waals surface area (Å²) in [6.45, 7) is 6.64. The zero-order valence-electron chi connectivity index (χ0n) is 14.1. The molecule has 1 aliphatic carbocycles. The predicted octanol–water partition coefficient (Wildman–Crippen LogP) is 3.54. The van der Waals surface area contributed by atoms with Crippen LogP contribution in [-0.4, -0.2) is 35.1 Å². The van der Waals surface area contributed by atoms with E-state index in [0.717, 1.165) is 12.8 Å². The van der Waals surface area contributed by atoms with Crippen molar-refractivity contribution in [2.75, 3.05) is 6.54 Å². The van der Waals surface area contributed by atoms with Crippen LogP contribution in [-0.2, 0) is 16.1 Å². The second-order valence-corrected chi connectivity index (χ2v) is 7.70. The minimum absolute atomic E-state index is 0.171. The Kier molecular flexibility index (Phi) is 6.04. The van der Waals surface area contributed by atoms with Crippen LogP contribution in [0.15, 0.2) is 16.8 Å². The molecule has 0 bridgehead atoms. The smallest absolute Gasteiger partial charge is 0.407 e. The highest BCUT2D eigenvalue weighted by Gasteiger charge is 2.32. The van der Waals surface area contributed by atoms with E-state index in [9.17, 15) is 9.59 Å². The fraction of sp³-hybridized carbons (Fsp3) is 0.647. The van der Waals surface area contributed by atoms with Gasteiger partial charge < -0.3 is 15.0 Å². The third kappa shape index (κ3) is 6.60. The first kappa shape index (κ1) is 17.8. The molecule has 0 aromatic carbocycles. The average Bonchev–Trinajstić information content (AvgIpc) is 3.15. The lowest BCUT2D eigenvalue weighted by atomic mass is 10.2. The van der Waals surface area contributed by atoms with Crippen molar-refractivity contribution in [3.63, 3.8) is 0 Å². The van der Waals surface area contributed by atoms with Crippen molar-refractivity contribution in [3.05, 3.63) is 22.4 Å². The Bertz CT molecular complexity index is 518. The minimum Gasteiger partial charge on any atom is -0.444 e. The highest BCUT2D eigenvalue weighted by atomic mass is 32.1. The minimum atomic E-state index is -0.497. The normalized spacial score (nSPS) is 14.4. The molecule has 0 spiro atoms. The fourth-order valence-electron chi connectivity index (χ4n) is 2.27. The molecule has 1 N–H and O–H groups in total. The number of nitrogens with zero attached hydrogens (tertiary/aromatic N) is 1. The van der Waals surface area contributed by atoms with Gasteiger partial charge in [-0.15, -0.1) is 0 Å². The van der Waals surface area contributed by atoms with E-state index in [1.165, 1.54) is 5.56 Å². The van der Waals surface area contributed by atoms with Crippen LogP contribution in [0.5, 0.6) is 0 Å². The van der Waals surface area contributed by atoms with Crippen molar-refractivity contribution in [1.82, 2.24) is 10.2 Å². The Balaban J connectivity index is 1.69. The van der Waals surface area contributed by atoms with Gasteiger partial charge >= 0.3 is 6.09 Å². The lowest BCUT2D eigenvalue weighted by Gasteiger charge is -2.22. The molecule has 128 valence electrons. The van der Waals surface area contributed by atoms with Crippen molar-refractivity contribution >= 4 is 23.3 Å². The summed E-state index contributed by atoms with van der Waals surface area (Å²) in [5, 5.41) is 6.82. The number of alkyl carbamates (subject to hydrolysis) is 1. The summed E-state index contributed by atoms with van der Waals surface area (Å²) >= 11 is 1.66. The first-order chi connectivity index (χ1) is 10.8. The first-order valence-electron chi connectivity index (χ1n) is 8.12. The number of nitrogens with one attached hydrogen (secondary N) is 1. The number of ether oxygens (including phenoxy) is 1. The number of carbonyl (C=O) groups is 2. The van der Waals surface area contributed by atoms with Crippen molar-refractivity contribution < 1.29 is 14.3 Å². The van der Waals surface area contributed by atoms with Gasteiger partial charge in [0.2, 0.25) is 5.91 Å². The van der Waals surface area contributed by atoms with Gasteiger partial charge in [-0.25, -0.2) is 4.79 Å². The summed E-state index contributed by atoms with van der Waals surface area (Å²) in [5.74, 6) is 0.171. The molecule has 0 radical (unpaired) electrons. The van der Waals surface area contributed by atoms with Gasteiger partial charge in [0, 0.05) is 25.6 Å². The van der Waals surface area contributed by atoms with Gasteiger partial charge in [-0.3, -0.25) is 4.79 Å². The van der Waals surface area contributed by atoms with Crippen LogP contribution in [0.25, 0.3) is 0 Å². The van der Waals surface area contributed by atoms with Crippen LogP contribution < -0.4 is 5.32 Å². The Labute approximate surface area is 142 Å². The van der Waals surface area contributed by atoms with E-state index in [-0.39, 0.29) is 5.91 Å². The Morgan fingerprint density at radius 2 is 2.13 bits per heavy atom. The summed E-state index contributed by atoms with van der Waals surface area (Å²) < 4.78 is 5.17. The molecule has 1 aliphatic rings. The standard InChI is InChI=1S/C17H26N2O3S/c1-17(2,3)22-16(21)18-9-4-5-15(20)19(14-6-7-14)11-13-8-10-23-12-13/h8,10,12,14H,4-7,9,11H2,1-3H3,(H,18,21). The number of amides is 2. The quantitative estimate of drug-likeness (QED) is 0.774. The van der Waals surface area contributed by atoms with Crippen LogP contribution in [0.2, 0.25) is 0 Å². The summed E-state index contributed by atoms with van der Waals surface area (Å²) in [6, 6.07) is 2.47. The van der Waals surface area contributed by atoms with E-state index in [0.29, 0.717) is 32.0 Å². The first-order valence-corrected chi connectivity index (χ1v) is 9.07. The third-order valence-electron chi connectivity index (χ3n) is 3.48. The molecule has 1 aromatic heterocycles. The largest absolute Gasteiger partial charge is 0.444 e. The Morgan fingerprint density at radius 3 is 2.70 bits per heavy atom. The monoisotopic (exact) mass is 338 g/mol. The summed E-state index contributed by atoms with van der Waals surface area (Å²) in [4.78, 5) is 25.9. The maximum absolute atomic E-state index is 12.4. The van der Waals surface area contributed by atoms with E-state index in [4.69, 9.17) is 4.74 Å². The molecule has 6 heteroatoms. The molecule has 0 unspecified atom stereocenters. The van der Waals surface area contributed by atoms with Gasteiger partial charge in [-0.2, -0.15) is 11.3 Å². The molecule has 1 saturated carbocycles. The molecule has 2 amide bonds. The zero-order valence-corrected chi connectivity index (χ0v) is 14.9. The molecular weight excluding hydrogens is 312 g/mol. The SMILES string of the molecule is CC(C)(C)OC(=O)NCCCC(=O)N(Cc1ccsc1)C1CC1. The molecule has 1 heterocycles. The lowest BCUT2D eigenvalue weighted by molar-refractivity contribution is -0.132. The van der Waals surface area contributed by atoms with Gasteiger partial charge in [-0.05, 0) is 62.4 Å². The Hall–Kier alpha value is -1.56. The molecule has 2 rings (SSSR count). The molecule has 5 nitrogen and oxygen atoms in total. The Morgan fingerprint density at radius 1 is 1.39 bits per heavy atom. The lowest BCUT2D eigenvalue weighted by Crippen LogP contribution is -2.35. The van der Waals surface area contributed by atoms with Crippen LogP contribution in [0, 0.1) is 0 Å². The maximum atomic E-state index is 12.4. The van der Waals surface area contributed by atoms with Crippen LogP contribution in [0.4, 0.5) is 4.79 Å². The summed E-state index contributed by atoms with van der Waals surface area (Å²) in [5.41, 5.74) is 0.700. The van der Waals surface area contributed by atoms with Crippen molar-refractivity contribution in [3.8, 4) is 0 Å². The highest BCUT2D eigenvalue weighted by Crippen LogP contribution is 2.29. The van der Waals surface area contributed by atoms with Crippen molar-refractivity contribution in [1.29, 1.82) is 0 Å². The molecule has 0 saturated heterocycles. The molecule has 0 atom stereocenters.